The first-order chi connectivity index (χ1) is 9.90. The summed E-state index contributed by atoms with van der Waals surface area (Å²) in [5, 5.41) is 13.5. The fourth-order valence-electron chi connectivity index (χ4n) is 1.89. The molecule has 21 heavy (non-hydrogen) atoms. The molecule has 0 aliphatic heterocycles. The molecule has 2 N–H and O–H groups in total. The van der Waals surface area contributed by atoms with Gasteiger partial charge in [0, 0.05) is 23.9 Å². The average Bonchev–Trinajstić information content (AvgIpc) is 2.92. The molecule has 1 aromatic rings. The fourth-order valence-corrected chi connectivity index (χ4v) is 2.60. The second-order valence-electron chi connectivity index (χ2n) is 5.52. The monoisotopic (exact) mass is 312 g/mol. The number of aliphatic carboxylic acids is 1. The van der Waals surface area contributed by atoms with E-state index in [4.69, 9.17) is 5.11 Å². The van der Waals surface area contributed by atoms with Crippen LogP contribution in [0.1, 0.15) is 38.5 Å². The highest BCUT2D eigenvalue weighted by Crippen LogP contribution is 2.14. The number of nitrogens with one attached hydrogen (secondary N) is 1. The van der Waals surface area contributed by atoms with Crippen LogP contribution in [0.15, 0.2) is 17.5 Å². The lowest BCUT2D eigenvalue weighted by molar-refractivity contribution is -0.137. The highest BCUT2D eigenvalue weighted by molar-refractivity contribution is 7.09. The predicted molar refractivity (Wildman–Crippen MR) is 84.4 cm³/mol. The normalized spacial score (nSPS) is 12.2. The van der Waals surface area contributed by atoms with Gasteiger partial charge in [-0.15, -0.1) is 11.3 Å². The van der Waals surface area contributed by atoms with Gasteiger partial charge in [0.15, 0.2) is 0 Å². The van der Waals surface area contributed by atoms with Gasteiger partial charge in [0.2, 0.25) is 0 Å². The Bertz CT molecular complexity index is 446. The Balaban J connectivity index is 2.44. The molecule has 0 radical (unpaired) electrons. The van der Waals surface area contributed by atoms with Crippen LogP contribution in [0.5, 0.6) is 0 Å². The molecule has 5 nitrogen and oxygen atoms in total. The second-order valence-corrected chi connectivity index (χ2v) is 6.56. The van der Waals surface area contributed by atoms with Gasteiger partial charge in [0.1, 0.15) is 0 Å². The quantitative estimate of drug-likeness (QED) is 0.774. The smallest absolute Gasteiger partial charge is 0.317 e. The molecule has 1 unspecified atom stereocenters. The van der Waals surface area contributed by atoms with E-state index in [0.29, 0.717) is 19.5 Å². The lowest BCUT2D eigenvalue weighted by Gasteiger charge is -2.27. The molecule has 118 valence electrons. The van der Waals surface area contributed by atoms with E-state index in [1.807, 2.05) is 38.3 Å². The fraction of sp³-hybridized carbons (Fsp3) is 0.600. The maximum atomic E-state index is 12.3. The molecule has 0 aliphatic carbocycles. The zero-order valence-corrected chi connectivity index (χ0v) is 13.7. The number of amides is 2. The Labute approximate surface area is 130 Å². The first-order valence-corrected chi connectivity index (χ1v) is 8.06. The van der Waals surface area contributed by atoms with E-state index in [2.05, 4.69) is 5.32 Å². The number of carboxylic acid groups (broad SMARTS) is 1. The van der Waals surface area contributed by atoms with Crippen molar-refractivity contribution in [2.75, 3.05) is 6.54 Å². The SMILES string of the molecule is CC(CCC(=O)O)CNC(=O)N(Cc1cccs1)C(C)C. The molecule has 0 saturated heterocycles. The third-order valence-electron chi connectivity index (χ3n) is 3.24. The Morgan fingerprint density at radius 2 is 2.10 bits per heavy atom. The summed E-state index contributed by atoms with van der Waals surface area (Å²) in [6.07, 6.45) is 0.711. The van der Waals surface area contributed by atoms with Crippen LogP contribution >= 0.6 is 11.3 Å². The van der Waals surface area contributed by atoms with Gasteiger partial charge in [-0.2, -0.15) is 0 Å². The van der Waals surface area contributed by atoms with Crippen molar-refractivity contribution in [3.63, 3.8) is 0 Å². The summed E-state index contributed by atoms with van der Waals surface area (Å²) in [7, 11) is 0. The van der Waals surface area contributed by atoms with Gasteiger partial charge in [0.25, 0.3) is 0 Å². The molecule has 0 fully saturated rings. The molecule has 1 heterocycles. The summed E-state index contributed by atoms with van der Waals surface area (Å²) in [5.74, 6) is -0.643. The zero-order valence-electron chi connectivity index (χ0n) is 12.8. The summed E-state index contributed by atoms with van der Waals surface area (Å²) in [6.45, 7) is 7.02. The van der Waals surface area contributed by atoms with Crippen LogP contribution in [-0.4, -0.2) is 34.6 Å². The van der Waals surface area contributed by atoms with Gasteiger partial charge in [-0.3, -0.25) is 4.79 Å². The maximum Gasteiger partial charge on any atom is 0.317 e. The van der Waals surface area contributed by atoms with E-state index in [9.17, 15) is 9.59 Å². The van der Waals surface area contributed by atoms with E-state index in [1.165, 1.54) is 0 Å². The first kappa shape index (κ1) is 17.5. The Morgan fingerprint density at radius 3 is 2.62 bits per heavy atom. The molecule has 6 heteroatoms. The Hall–Kier alpha value is -1.56. The van der Waals surface area contributed by atoms with Crippen molar-refractivity contribution < 1.29 is 14.7 Å². The molecule has 1 aromatic heterocycles. The minimum absolute atomic E-state index is 0.0967. The molecule has 0 spiro atoms. The van der Waals surface area contributed by atoms with E-state index >= 15 is 0 Å². The van der Waals surface area contributed by atoms with Gasteiger partial charge >= 0.3 is 12.0 Å². The van der Waals surface area contributed by atoms with Crippen LogP contribution < -0.4 is 5.32 Å². The van der Waals surface area contributed by atoms with Gasteiger partial charge in [-0.25, -0.2) is 4.79 Å². The van der Waals surface area contributed by atoms with Crippen molar-refractivity contribution in [2.45, 2.75) is 46.2 Å². The molecule has 1 atom stereocenters. The lowest BCUT2D eigenvalue weighted by Crippen LogP contribution is -2.44. The zero-order chi connectivity index (χ0) is 15.8. The van der Waals surface area contributed by atoms with Gasteiger partial charge in [0.05, 0.1) is 6.54 Å². The number of nitrogens with zero attached hydrogens (tertiary/aromatic N) is 1. The van der Waals surface area contributed by atoms with Crippen molar-refractivity contribution in [1.82, 2.24) is 10.2 Å². The van der Waals surface area contributed by atoms with Crippen LogP contribution in [-0.2, 0) is 11.3 Å². The first-order valence-electron chi connectivity index (χ1n) is 7.18. The lowest BCUT2D eigenvalue weighted by atomic mass is 10.1. The number of urea groups is 1. The highest BCUT2D eigenvalue weighted by Gasteiger charge is 2.18. The largest absolute Gasteiger partial charge is 0.481 e. The van der Waals surface area contributed by atoms with Gasteiger partial charge in [-0.05, 0) is 37.6 Å². The van der Waals surface area contributed by atoms with Gasteiger partial charge in [-0.1, -0.05) is 13.0 Å². The van der Waals surface area contributed by atoms with Crippen LogP contribution in [0.2, 0.25) is 0 Å². The number of thiophene rings is 1. The topological polar surface area (TPSA) is 69.6 Å². The van der Waals surface area contributed by atoms with Crippen molar-refractivity contribution in [3.05, 3.63) is 22.4 Å². The number of rotatable bonds is 8. The molecule has 0 aliphatic rings. The molecule has 1 rings (SSSR count). The Morgan fingerprint density at radius 1 is 1.38 bits per heavy atom. The number of hydrogen-bond acceptors (Lipinski definition) is 3. The molecule has 0 bridgehead atoms. The molecule has 0 aromatic carbocycles. The van der Waals surface area contributed by atoms with E-state index in [0.717, 1.165) is 4.88 Å². The number of carbonyl (C=O) groups excluding carboxylic acids is 1. The highest BCUT2D eigenvalue weighted by atomic mass is 32.1. The van der Waals surface area contributed by atoms with Crippen LogP contribution in [0, 0.1) is 5.92 Å². The molecule has 2 amide bonds. The molecule has 0 saturated carbocycles. The van der Waals surface area contributed by atoms with Crippen LogP contribution in [0.4, 0.5) is 4.79 Å². The van der Waals surface area contributed by atoms with Crippen molar-refractivity contribution >= 4 is 23.3 Å². The van der Waals surface area contributed by atoms with Crippen molar-refractivity contribution in [3.8, 4) is 0 Å². The standard InChI is InChI=1S/C15H24N2O3S/c1-11(2)17(10-13-5-4-8-21-13)15(20)16-9-12(3)6-7-14(18)19/h4-5,8,11-12H,6-7,9-10H2,1-3H3,(H,16,20)(H,18,19). The minimum atomic E-state index is -0.797. The van der Waals surface area contributed by atoms with Crippen LogP contribution in [0.25, 0.3) is 0 Å². The third kappa shape index (κ3) is 6.62. The van der Waals surface area contributed by atoms with E-state index in [1.54, 1.807) is 16.2 Å². The van der Waals surface area contributed by atoms with Crippen molar-refractivity contribution in [2.24, 2.45) is 5.92 Å². The molecular weight excluding hydrogens is 288 g/mol. The number of hydrogen-bond donors (Lipinski definition) is 2. The summed E-state index contributed by atoms with van der Waals surface area (Å²) in [4.78, 5) is 25.7. The summed E-state index contributed by atoms with van der Waals surface area (Å²) in [6, 6.07) is 4.01. The molecular formula is C15H24N2O3S. The van der Waals surface area contributed by atoms with E-state index in [-0.39, 0.29) is 24.4 Å². The summed E-state index contributed by atoms with van der Waals surface area (Å²) in [5.41, 5.74) is 0. The summed E-state index contributed by atoms with van der Waals surface area (Å²) >= 11 is 1.63. The average molecular weight is 312 g/mol. The second kappa shape index (κ2) is 8.67. The minimum Gasteiger partial charge on any atom is -0.481 e. The number of carboxylic acids is 1. The third-order valence-corrected chi connectivity index (χ3v) is 4.10. The van der Waals surface area contributed by atoms with Crippen LogP contribution in [0.3, 0.4) is 0 Å². The number of carbonyl (C=O) groups is 2. The van der Waals surface area contributed by atoms with Gasteiger partial charge < -0.3 is 15.3 Å². The maximum absolute atomic E-state index is 12.3. The predicted octanol–water partition coefficient (Wildman–Crippen LogP) is 3.17. The van der Waals surface area contributed by atoms with E-state index < -0.39 is 5.97 Å². The van der Waals surface area contributed by atoms with Crippen molar-refractivity contribution in [1.29, 1.82) is 0 Å². The Kier molecular flexibility index (Phi) is 7.22. The summed E-state index contributed by atoms with van der Waals surface area (Å²) < 4.78 is 0.